The number of nitrogens with zero attached hydrogens (tertiary/aromatic N) is 2. The second-order valence-corrected chi connectivity index (χ2v) is 6.05. The summed E-state index contributed by atoms with van der Waals surface area (Å²) in [7, 11) is 0. The highest BCUT2D eigenvalue weighted by atomic mass is 16.2. The molecule has 0 radical (unpaired) electrons. The number of rotatable bonds is 0. The lowest BCUT2D eigenvalue weighted by molar-refractivity contribution is -0.180. The predicted molar refractivity (Wildman–Crippen MR) is 61.1 cm³/mol. The average Bonchev–Trinajstić information content (AvgIpc) is 2.13. The molecule has 0 spiro atoms. The van der Waals surface area contributed by atoms with Gasteiger partial charge >= 0.3 is 11.8 Å². The third-order valence-corrected chi connectivity index (χ3v) is 3.47. The normalized spacial score (nSPS) is 24.4. The SMILES string of the molecule is CC1(C)CC(=O)N1C(=O)C(=O)N1C(=O)CC1(C)C. The van der Waals surface area contributed by atoms with Crippen LogP contribution in [-0.4, -0.2) is 44.5 Å². The van der Waals surface area contributed by atoms with Crippen LogP contribution in [0.15, 0.2) is 0 Å². The molecular weight excluding hydrogens is 236 g/mol. The molecule has 6 heteroatoms. The second kappa shape index (κ2) is 3.40. The minimum absolute atomic E-state index is 0.239. The van der Waals surface area contributed by atoms with Crippen molar-refractivity contribution in [3.8, 4) is 0 Å². The van der Waals surface area contributed by atoms with Crippen molar-refractivity contribution in [1.29, 1.82) is 0 Å². The number of carbonyl (C=O) groups is 4. The Kier molecular flexibility index (Phi) is 2.40. The first-order chi connectivity index (χ1) is 8.08. The largest absolute Gasteiger partial charge is 0.319 e. The summed E-state index contributed by atoms with van der Waals surface area (Å²) >= 11 is 0. The van der Waals surface area contributed by atoms with Gasteiger partial charge in [0.25, 0.3) is 0 Å². The quantitative estimate of drug-likeness (QED) is 0.451. The highest BCUT2D eigenvalue weighted by Crippen LogP contribution is 2.35. The minimum Gasteiger partial charge on any atom is -0.274 e. The molecule has 2 saturated heterocycles. The summed E-state index contributed by atoms with van der Waals surface area (Å²) in [5.41, 5.74) is -1.27. The first-order valence-corrected chi connectivity index (χ1v) is 5.82. The van der Waals surface area contributed by atoms with Crippen LogP contribution in [0.1, 0.15) is 40.5 Å². The monoisotopic (exact) mass is 252 g/mol. The molecule has 0 saturated carbocycles. The van der Waals surface area contributed by atoms with Crippen LogP contribution in [0.5, 0.6) is 0 Å². The summed E-state index contributed by atoms with van der Waals surface area (Å²) in [4.78, 5) is 48.7. The van der Waals surface area contributed by atoms with Crippen molar-refractivity contribution in [1.82, 2.24) is 9.80 Å². The van der Waals surface area contributed by atoms with Crippen molar-refractivity contribution >= 4 is 23.6 Å². The van der Waals surface area contributed by atoms with Crippen molar-refractivity contribution in [2.45, 2.75) is 51.6 Å². The molecule has 0 aliphatic carbocycles. The molecule has 2 fully saturated rings. The van der Waals surface area contributed by atoms with Crippen molar-refractivity contribution in [2.24, 2.45) is 0 Å². The molecule has 2 aliphatic rings. The van der Waals surface area contributed by atoms with Gasteiger partial charge in [-0.2, -0.15) is 0 Å². The predicted octanol–water partition coefficient (Wildman–Crippen LogP) is 0.0614. The maximum Gasteiger partial charge on any atom is 0.319 e. The van der Waals surface area contributed by atoms with Crippen molar-refractivity contribution in [3.05, 3.63) is 0 Å². The van der Waals surface area contributed by atoms with Crippen molar-refractivity contribution < 1.29 is 19.2 Å². The van der Waals surface area contributed by atoms with E-state index >= 15 is 0 Å². The van der Waals surface area contributed by atoms with E-state index in [9.17, 15) is 19.2 Å². The summed E-state index contributed by atoms with van der Waals surface area (Å²) in [5, 5.41) is 0. The van der Waals surface area contributed by atoms with E-state index in [0.29, 0.717) is 0 Å². The molecule has 0 unspecified atom stereocenters. The minimum atomic E-state index is -0.905. The van der Waals surface area contributed by atoms with Gasteiger partial charge in [0.05, 0.1) is 23.9 Å². The van der Waals surface area contributed by atoms with Crippen LogP contribution in [0, 0.1) is 0 Å². The molecule has 0 aromatic carbocycles. The van der Waals surface area contributed by atoms with Crippen LogP contribution in [0.25, 0.3) is 0 Å². The lowest BCUT2D eigenvalue weighted by atomic mass is 9.85. The van der Waals surface area contributed by atoms with Gasteiger partial charge in [0.15, 0.2) is 0 Å². The van der Waals surface area contributed by atoms with Gasteiger partial charge in [-0.3, -0.25) is 29.0 Å². The summed E-state index contributed by atoms with van der Waals surface area (Å²) in [6.07, 6.45) is 0.479. The summed E-state index contributed by atoms with van der Waals surface area (Å²) in [6.45, 7) is 6.84. The fourth-order valence-corrected chi connectivity index (χ4v) is 2.52. The molecule has 2 heterocycles. The Morgan fingerprint density at radius 1 is 0.833 bits per heavy atom. The number of amides is 4. The van der Waals surface area contributed by atoms with Crippen LogP contribution >= 0.6 is 0 Å². The third kappa shape index (κ3) is 1.55. The highest BCUT2D eigenvalue weighted by Gasteiger charge is 2.55. The number of hydrogen-bond acceptors (Lipinski definition) is 4. The van der Waals surface area contributed by atoms with Gasteiger partial charge in [-0.15, -0.1) is 0 Å². The molecule has 0 N–H and O–H groups in total. The molecule has 2 aliphatic heterocycles. The van der Waals surface area contributed by atoms with Crippen molar-refractivity contribution in [3.63, 3.8) is 0 Å². The number of imide groups is 2. The number of likely N-dealkylation sites (tertiary alicyclic amines) is 2. The zero-order chi connectivity index (χ0) is 13.9. The number of β-lactam (4-membered cyclic amide) rings is 2. The van der Waals surface area contributed by atoms with Gasteiger partial charge in [0.2, 0.25) is 11.8 Å². The summed E-state index contributed by atoms with van der Waals surface area (Å²) < 4.78 is 0. The zero-order valence-corrected chi connectivity index (χ0v) is 10.9. The fourth-order valence-electron chi connectivity index (χ4n) is 2.52. The smallest absolute Gasteiger partial charge is 0.274 e. The van der Waals surface area contributed by atoms with E-state index in [0.717, 1.165) is 9.80 Å². The first-order valence-electron chi connectivity index (χ1n) is 5.82. The topological polar surface area (TPSA) is 74.8 Å². The average molecular weight is 252 g/mol. The van der Waals surface area contributed by atoms with E-state index in [2.05, 4.69) is 0 Å². The van der Waals surface area contributed by atoms with Gasteiger partial charge in [0.1, 0.15) is 0 Å². The zero-order valence-electron chi connectivity index (χ0n) is 10.9. The first kappa shape index (κ1) is 12.7. The molecule has 18 heavy (non-hydrogen) atoms. The molecule has 4 amide bonds. The van der Waals surface area contributed by atoms with E-state index in [1.165, 1.54) is 0 Å². The molecule has 0 aromatic rings. The number of carbonyl (C=O) groups excluding carboxylic acids is 4. The van der Waals surface area contributed by atoms with Crippen LogP contribution < -0.4 is 0 Å². The van der Waals surface area contributed by atoms with Gasteiger partial charge < -0.3 is 0 Å². The van der Waals surface area contributed by atoms with E-state index in [1.54, 1.807) is 27.7 Å². The third-order valence-electron chi connectivity index (χ3n) is 3.47. The maximum atomic E-state index is 12.0. The Balaban J connectivity index is 2.18. The molecule has 6 nitrogen and oxygen atoms in total. The molecular formula is C12H16N2O4. The van der Waals surface area contributed by atoms with Crippen LogP contribution in [0.3, 0.4) is 0 Å². The van der Waals surface area contributed by atoms with Gasteiger partial charge in [-0.1, -0.05) is 0 Å². The second-order valence-electron chi connectivity index (χ2n) is 6.05. The molecule has 2 rings (SSSR count). The standard InChI is InChI=1S/C12H16N2O4/c1-11(2)5-7(15)13(11)9(17)10(18)14-8(16)6-12(14,3)4/h5-6H2,1-4H3. The Morgan fingerprint density at radius 3 is 1.28 bits per heavy atom. The number of hydrogen-bond donors (Lipinski definition) is 0. The van der Waals surface area contributed by atoms with E-state index < -0.39 is 22.9 Å². The van der Waals surface area contributed by atoms with Crippen LogP contribution in [0.2, 0.25) is 0 Å². The Morgan fingerprint density at radius 2 is 1.11 bits per heavy atom. The van der Waals surface area contributed by atoms with E-state index in [-0.39, 0.29) is 24.7 Å². The Hall–Kier alpha value is -1.72. The fraction of sp³-hybridized carbons (Fsp3) is 0.667. The maximum absolute atomic E-state index is 12.0. The molecule has 0 aromatic heterocycles. The Bertz CT molecular complexity index is 434. The van der Waals surface area contributed by atoms with E-state index in [1.807, 2.05) is 0 Å². The highest BCUT2D eigenvalue weighted by molar-refractivity contribution is 6.41. The summed E-state index contributed by atoms with van der Waals surface area (Å²) in [5.74, 6) is -2.55. The van der Waals surface area contributed by atoms with Crippen molar-refractivity contribution in [2.75, 3.05) is 0 Å². The summed E-state index contributed by atoms with van der Waals surface area (Å²) in [6, 6.07) is 0. The van der Waals surface area contributed by atoms with Crippen LogP contribution in [-0.2, 0) is 19.2 Å². The van der Waals surface area contributed by atoms with Gasteiger partial charge in [0, 0.05) is 0 Å². The van der Waals surface area contributed by atoms with Crippen LogP contribution in [0.4, 0.5) is 0 Å². The Labute approximate surface area is 105 Å². The van der Waals surface area contributed by atoms with Gasteiger partial charge in [-0.05, 0) is 27.7 Å². The van der Waals surface area contributed by atoms with E-state index in [4.69, 9.17) is 0 Å². The molecule has 0 atom stereocenters. The lowest BCUT2D eigenvalue weighted by Crippen LogP contribution is -2.70. The van der Waals surface area contributed by atoms with Gasteiger partial charge in [-0.25, -0.2) is 0 Å². The lowest BCUT2D eigenvalue weighted by Gasteiger charge is -2.49. The molecule has 98 valence electrons. The molecule has 0 bridgehead atoms.